The number of amides is 4. The summed E-state index contributed by atoms with van der Waals surface area (Å²) < 4.78 is 6.07. The van der Waals surface area contributed by atoms with Crippen LogP contribution in [0.2, 0.25) is 0 Å². The second kappa shape index (κ2) is 16.3. The number of nitrogens with zero attached hydrogens (tertiary/aromatic N) is 3. The van der Waals surface area contributed by atoms with Crippen LogP contribution in [0.1, 0.15) is 106 Å². The fourth-order valence-corrected chi connectivity index (χ4v) is 7.68. The van der Waals surface area contributed by atoms with Gasteiger partial charge in [-0.25, -0.2) is 4.98 Å². The quantitative estimate of drug-likeness (QED) is 0.175. The van der Waals surface area contributed by atoms with Crippen LogP contribution >= 0.6 is 0 Å². The van der Waals surface area contributed by atoms with Crippen molar-refractivity contribution < 1.29 is 23.6 Å². The van der Waals surface area contributed by atoms with Gasteiger partial charge in [-0.05, 0) is 87.1 Å². The molecule has 2 atom stereocenters. The number of carbonyl (C=O) groups excluding carboxylic acids is 4. The molecule has 2 aromatic carbocycles. The molecule has 2 aliphatic rings. The van der Waals surface area contributed by atoms with Gasteiger partial charge in [0.05, 0.1) is 6.20 Å². The number of oxazole rings is 1. The van der Waals surface area contributed by atoms with Crippen LogP contribution in [0.4, 0.5) is 11.4 Å². The number of aromatic nitrogens is 1. The Morgan fingerprint density at radius 2 is 1.14 bits per heavy atom. The lowest BCUT2D eigenvalue weighted by Crippen LogP contribution is -2.44. The maximum absolute atomic E-state index is 13.2. The second-order valence-electron chi connectivity index (χ2n) is 15.5. The van der Waals surface area contributed by atoms with Crippen LogP contribution in [-0.2, 0) is 19.2 Å². The summed E-state index contributed by atoms with van der Waals surface area (Å²) in [6.45, 7) is 13.6. The first kappa shape index (κ1) is 37.8. The SMILES string of the molecule is CCCC(C)(C)C(=O)N1CCCC1CC(=O)Nc1ccc(-c2cnc(-c3ccc(NC(=O)CC4CCCN4C(=O)C(C)(C)CCC)cc3)o2)cc1. The van der Waals surface area contributed by atoms with E-state index in [0.29, 0.717) is 36.1 Å². The van der Waals surface area contributed by atoms with Gasteiger partial charge in [0, 0.05) is 71.3 Å². The van der Waals surface area contributed by atoms with Gasteiger partial charge < -0.3 is 24.9 Å². The Morgan fingerprint density at radius 3 is 1.57 bits per heavy atom. The summed E-state index contributed by atoms with van der Waals surface area (Å²) in [5.41, 5.74) is 2.10. The standard InChI is InChI=1S/C41H55N5O5/c1-7-21-40(3,4)38(49)45-23-9-11-32(45)25-35(47)43-30-17-13-28(14-18-30)34-27-42-37(51-34)29-15-19-31(20-16-29)44-36(48)26-33-12-10-24-46(33)39(50)41(5,6)22-8-2/h13-20,27,32-33H,7-12,21-26H2,1-6H3,(H,43,47)(H,44,48). The highest BCUT2D eigenvalue weighted by molar-refractivity contribution is 5.93. The van der Waals surface area contributed by atoms with Crippen LogP contribution in [0, 0.1) is 10.8 Å². The first-order chi connectivity index (χ1) is 24.3. The van der Waals surface area contributed by atoms with Crippen molar-refractivity contribution in [3.63, 3.8) is 0 Å². The van der Waals surface area contributed by atoms with Crippen LogP contribution in [0.3, 0.4) is 0 Å². The molecule has 2 aliphatic heterocycles. The first-order valence-electron chi connectivity index (χ1n) is 18.7. The molecule has 10 nitrogen and oxygen atoms in total. The summed E-state index contributed by atoms with van der Waals surface area (Å²) in [7, 11) is 0. The molecule has 10 heteroatoms. The predicted molar refractivity (Wildman–Crippen MR) is 201 cm³/mol. The molecule has 3 aromatic rings. The average Bonchev–Trinajstić information content (AvgIpc) is 3.87. The Morgan fingerprint density at radius 1 is 0.706 bits per heavy atom. The van der Waals surface area contributed by atoms with E-state index >= 15 is 0 Å². The third kappa shape index (κ3) is 9.26. The fourth-order valence-electron chi connectivity index (χ4n) is 7.68. The average molecular weight is 698 g/mol. The summed E-state index contributed by atoms with van der Waals surface area (Å²) in [6.07, 6.45) is 9.28. The van der Waals surface area contributed by atoms with Crippen molar-refractivity contribution in [2.24, 2.45) is 10.8 Å². The summed E-state index contributed by atoms with van der Waals surface area (Å²) >= 11 is 0. The smallest absolute Gasteiger partial charge is 0.228 e. The van der Waals surface area contributed by atoms with Gasteiger partial charge in [0.15, 0.2) is 5.76 Å². The number of benzene rings is 2. The van der Waals surface area contributed by atoms with E-state index in [4.69, 9.17) is 4.42 Å². The van der Waals surface area contributed by atoms with Crippen molar-refractivity contribution >= 4 is 35.0 Å². The van der Waals surface area contributed by atoms with Gasteiger partial charge in [-0.2, -0.15) is 0 Å². The summed E-state index contributed by atoms with van der Waals surface area (Å²) in [4.78, 5) is 60.6. The van der Waals surface area contributed by atoms with E-state index in [1.165, 1.54) is 0 Å². The number of anilines is 2. The molecule has 0 spiro atoms. The van der Waals surface area contributed by atoms with E-state index in [1.54, 1.807) is 6.20 Å². The summed E-state index contributed by atoms with van der Waals surface area (Å²) in [5.74, 6) is 1.10. The minimum absolute atomic E-state index is 0.0753. The topological polar surface area (TPSA) is 125 Å². The molecule has 0 radical (unpaired) electrons. The zero-order valence-electron chi connectivity index (χ0n) is 31.2. The molecule has 3 heterocycles. The Bertz CT molecular complexity index is 1550. The lowest BCUT2D eigenvalue weighted by atomic mass is 9.86. The van der Waals surface area contributed by atoms with Gasteiger partial charge >= 0.3 is 0 Å². The normalized spacial score (nSPS) is 17.8. The molecule has 0 aliphatic carbocycles. The highest BCUT2D eigenvalue weighted by Gasteiger charge is 2.39. The number of likely N-dealkylation sites (tertiary alicyclic amines) is 2. The van der Waals surface area contributed by atoms with Gasteiger partial charge in [0.25, 0.3) is 0 Å². The Kier molecular flexibility index (Phi) is 12.0. The lowest BCUT2D eigenvalue weighted by Gasteiger charge is -2.33. The molecule has 2 saturated heterocycles. The third-order valence-corrected chi connectivity index (χ3v) is 10.4. The maximum atomic E-state index is 13.2. The van der Waals surface area contributed by atoms with Crippen molar-refractivity contribution in [2.75, 3.05) is 23.7 Å². The molecular formula is C41H55N5O5. The molecule has 5 rings (SSSR count). The zero-order valence-corrected chi connectivity index (χ0v) is 31.2. The van der Waals surface area contributed by atoms with Crippen LogP contribution in [0.5, 0.6) is 0 Å². The fraction of sp³-hybridized carbons (Fsp3) is 0.537. The number of hydrogen-bond donors (Lipinski definition) is 2. The van der Waals surface area contributed by atoms with Crippen molar-refractivity contribution in [1.29, 1.82) is 0 Å². The van der Waals surface area contributed by atoms with Crippen molar-refractivity contribution in [3.8, 4) is 22.8 Å². The Hall–Kier alpha value is -4.47. The monoisotopic (exact) mass is 697 g/mol. The van der Waals surface area contributed by atoms with E-state index in [-0.39, 0.29) is 48.6 Å². The van der Waals surface area contributed by atoms with Crippen LogP contribution in [0.25, 0.3) is 22.8 Å². The molecule has 2 fully saturated rings. The van der Waals surface area contributed by atoms with Gasteiger partial charge in [-0.15, -0.1) is 0 Å². The summed E-state index contributed by atoms with van der Waals surface area (Å²) in [6, 6.07) is 14.6. The predicted octanol–water partition coefficient (Wildman–Crippen LogP) is 8.30. The molecule has 2 unspecified atom stereocenters. The zero-order chi connectivity index (χ0) is 36.8. The van der Waals surface area contributed by atoms with Gasteiger partial charge in [-0.3, -0.25) is 19.2 Å². The van der Waals surface area contributed by atoms with E-state index in [2.05, 4.69) is 29.5 Å². The van der Waals surface area contributed by atoms with E-state index in [1.807, 2.05) is 86.0 Å². The molecule has 274 valence electrons. The molecule has 51 heavy (non-hydrogen) atoms. The molecular weight excluding hydrogens is 642 g/mol. The number of rotatable bonds is 14. The van der Waals surface area contributed by atoms with Crippen LogP contribution in [-0.4, -0.2) is 63.6 Å². The third-order valence-electron chi connectivity index (χ3n) is 10.4. The van der Waals surface area contributed by atoms with E-state index in [9.17, 15) is 19.2 Å². The lowest BCUT2D eigenvalue weighted by molar-refractivity contribution is -0.143. The minimum atomic E-state index is -0.419. The Labute approximate surface area is 302 Å². The Balaban J connectivity index is 1.12. The highest BCUT2D eigenvalue weighted by Crippen LogP contribution is 2.33. The minimum Gasteiger partial charge on any atom is -0.436 e. The molecule has 1 aromatic heterocycles. The molecule has 4 amide bonds. The largest absolute Gasteiger partial charge is 0.436 e. The van der Waals surface area contributed by atoms with Gasteiger partial charge in [0.1, 0.15) is 0 Å². The summed E-state index contributed by atoms with van der Waals surface area (Å²) in [5, 5.41) is 5.97. The van der Waals surface area contributed by atoms with Crippen molar-refractivity contribution in [3.05, 3.63) is 54.7 Å². The molecule has 2 N–H and O–H groups in total. The van der Waals surface area contributed by atoms with E-state index < -0.39 is 10.8 Å². The highest BCUT2D eigenvalue weighted by atomic mass is 16.4. The molecule has 0 saturated carbocycles. The number of nitrogens with one attached hydrogen (secondary N) is 2. The van der Waals surface area contributed by atoms with Crippen molar-refractivity contribution in [2.45, 2.75) is 118 Å². The van der Waals surface area contributed by atoms with Crippen LogP contribution in [0.15, 0.2) is 59.1 Å². The van der Waals surface area contributed by atoms with Gasteiger partial charge in [-0.1, -0.05) is 54.4 Å². The second-order valence-corrected chi connectivity index (χ2v) is 15.5. The van der Waals surface area contributed by atoms with Gasteiger partial charge in [0.2, 0.25) is 29.5 Å². The van der Waals surface area contributed by atoms with E-state index in [0.717, 1.165) is 62.5 Å². The number of carbonyl (C=O) groups is 4. The van der Waals surface area contributed by atoms with Crippen LogP contribution < -0.4 is 10.6 Å². The van der Waals surface area contributed by atoms with Crippen molar-refractivity contribution in [1.82, 2.24) is 14.8 Å². The molecule has 0 bridgehead atoms. The maximum Gasteiger partial charge on any atom is 0.228 e. The number of hydrogen-bond acceptors (Lipinski definition) is 6. The first-order valence-corrected chi connectivity index (χ1v) is 18.7.